The van der Waals surface area contributed by atoms with Crippen molar-refractivity contribution in [1.29, 1.82) is 0 Å². The molecule has 78 valence electrons. The standard InChI is InChI=1S/C9H19NO3/c1-3-5-10(8-9(11)12)6-7-13-4-2/h3-8H2,1-2H3,(H,11,12). The van der Waals surface area contributed by atoms with Crippen molar-refractivity contribution < 1.29 is 14.6 Å². The fourth-order valence-corrected chi connectivity index (χ4v) is 1.12. The van der Waals surface area contributed by atoms with Gasteiger partial charge in [-0.3, -0.25) is 9.69 Å². The normalized spacial score (nSPS) is 10.7. The SMILES string of the molecule is CCCN(CCOCC)CC(=O)O. The maximum Gasteiger partial charge on any atom is 0.317 e. The van der Waals surface area contributed by atoms with Crippen molar-refractivity contribution in [3.63, 3.8) is 0 Å². The molecule has 0 saturated carbocycles. The average molecular weight is 189 g/mol. The van der Waals surface area contributed by atoms with E-state index in [-0.39, 0.29) is 6.54 Å². The molecule has 13 heavy (non-hydrogen) atoms. The third kappa shape index (κ3) is 7.74. The Balaban J connectivity index is 3.59. The van der Waals surface area contributed by atoms with E-state index in [9.17, 15) is 4.79 Å². The summed E-state index contributed by atoms with van der Waals surface area (Å²) in [5, 5.41) is 8.58. The quantitative estimate of drug-likeness (QED) is 0.574. The van der Waals surface area contributed by atoms with Crippen LogP contribution in [0.4, 0.5) is 0 Å². The van der Waals surface area contributed by atoms with Crippen LogP contribution in [0.3, 0.4) is 0 Å². The molecule has 0 saturated heterocycles. The highest BCUT2D eigenvalue weighted by molar-refractivity contribution is 5.69. The zero-order chi connectivity index (χ0) is 10.1. The van der Waals surface area contributed by atoms with E-state index in [0.29, 0.717) is 19.8 Å². The highest BCUT2D eigenvalue weighted by Crippen LogP contribution is 1.91. The molecule has 0 fully saturated rings. The molecule has 4 heteroatoms. The summed E-state index contributed by atoms with van der Waals surface area (Å²) in [4.78, 5) is 12.3. The summed E-state index contributed by atoms with van der Waals surface area (Å²) in [5.74, 6) is -0.773. The lowest BCUT2D eigenvalue weighted by Gasteiger charge is -2.18. The molecule has 0 aliphatic carbocycles. The smallest absolute Gasteiger partial charge is 0.317 e. The second-order valence-corrected chi connectivity index (χ2v) is 2.87. The monoisotopic (exact) mass is 189 g/mol. The number of carboxylic acids is 1. The molecule has 0 aromatic heterocycles. The number of ether oxygens (including phenoxy) is 1. The summed E-state index contributed by atoms with van der Waals surface area (Å²) >= 11 is 0. The van der Waals surface area contributed by atoms with E-state index in [4.69, 9.17) is 9.84 Å². The van der Waals surface area contributed by atoms with Crippen molar-refractivity contribution in [2.45, 2.75) is 20.3 Å². The first-order valence-electron chi connectivity index (χ1n) is 4.72. The molecule has 0 radical (unpaired) electrons. The number of carbonyl (C=O) groups is 1. The van der Waals surface area contributed by atoms with Crippen LogP contribution in [0.2, 0.25) is 0 Å². The summed E-state index contributed by atoms with van der Waals surface area (Å²) in [6.07, 6.45) is 0.972. The Morgan fingerprint density at radius 2 is 2.08 bits per heavy atom. The molecule has 0 atom stereocenters. The fraction of sp³-hybridized carbons (Fsp3) is 0.889. The van der Waals surface area contributed by atoms with Crippen molar-refractivity contribution >= 4 is 5.97 Å². The lowest BCUT2D eigenvalue weighted by Crippen LogP contribution is -2.33. The van der Waals surface area contributed by atoms with Crippen molar-refractivity contribution in [3.05, 3.63) is 0 Å². The Kier molecular flexibility index (Phi) is 7.63. The summed E-state index contributed by atoms with van der Waals surface area (Å²) in [5.41, 5.74) is 0. The van der Waals surface area contributed by atoms with Crippen LogP contribution < -0.4 is 0 Å². The van der Waals surface area contributed by atoms with Gasteiger partial charge >= 0.3 is 5.97 Å². The van der Waals surface area contributed by atoms with Crippen molar-refractivity contribution in [2.24, 2.45) is 0 Å². The van der Waals surface area contributed by atoms with E-state index in [2.05, 4.69) is 0 Å². The van der Waals surface area contributed by atoms with Gasteiger partial charge in [-0.2, -0.15) is 0 Å². The van der Waals surface area contributed by atoms with Gasteiger partial charge in [-0.25, -0.2) is 0 Å². The van der Waals surface area contributed by atoms with E-state index >= 15 is 0 Å². The molecule has 0 aromatic rings. The molecule has 0 aliphatic rings. The largest absolute Gasteiger partial charge is 0.480 e. The zero-order valence-electron chi connectivity index (χ0n) is 8.45. The average Bonchev–Trinajstić information content (AvgIpc) is 2.04. The molecule has 0 heterocycles. The molecule has 4 nitrogen and oxygen atoms in total. The van der Waals surface area contributed by atoms with Gasteiger partial charge in [0.2, 0.25) is 0 Å². The van der Waals surface area contributed by atoms with E-state index in [1.165, 1.54) is 0 Å². The van der Waals surface area contributed by atoms with Gasteiger partial charge in [-0.1, -0.05) is 6.92 Å². The molecule has 0 aliphatic heterocycles. The topological polar surface area (TPSA) is 49.8 Å². The third-order valence-electron chi connectivity index (χ3n) is 1.65. The molecule has 0 bridgehead atoms. The Morgan fingerprint density at radius 3 is 2.54 bits per heavy atom. The van der Waals surface area contributed by atoms with Crippen LogP contribution in [0.25, 0.3) is 0 Å². The maximum absolute atomic E-state index is 10.4. The summed E-state index contributed by atoms with van der Waals surface area (Å²) in [6.45, 7) is 6.90. The van der Waals surface area contributed by atoms with Crippen molar-refractivity contribution in [3.8, 4) is 0 Å². The van der Waals surface area contributed by atoms with Crippen LogP contribution in [0.1, 0.15) is 20.3 Å². The number of hydrogen-bond donors (Lipinski definition) is 1. The summed E-state index contributed by atoms with van der Waals surface area (Å²) in [6, 6.07) is 0. The van der Waals surface area contributed by atoms with E-state index in [1.54, 1.807) is 0 Å². The first kappa shape index (κ1) is 12.4. The molecule has 0 rings (SSSR count). The Bertz CT molecular complexity index is 139. The second-order valence-electron chi connectivity index (χ2n) is 2.87. The van der Waals surface area contributed by atoms with Gasteiger partial charge in [0.05, 0.1) is 13.2 Å². The molecular formula is C9H19NO3. The van der Waals surface area contributed by atoms with Crippen LogP contribution in [0.15, 0.2) is 0 Å². The van der Waals surface area contributed by atoms with Crippen molar-refractivity contribution in [1.82, 2.24) is 4.90 Å². The van der Waals surface area contributed by atoms with E-state index < -0.39 is 5.97 Å². The van der Waals surface area contributed by atoms with E-state index in [0.717, 1.165) is 13.0 Å². The Hall–Kier alpha value is -0.610. The molecule has 0 unspecified atom stereocenters. The lowest BCUT2D eigenvalue weighted by atomic mass is 10.4. The second kappa shape index (κ2) is 8.01. The molecular weight excluding hydrogens is 170 g/mol. The van der Waals surface area contributed by atoms with Crippen molar-refractivity contribution in [2.75, 3.05) is 32.8 Å². The molecule has 0 aromatic carbocycles. The van der Waals surface area contributed by atoms with Gasteiger partial charge in [0, 0.05) is 13.2 Å². The van der Waals surface area contributed by atoms with Gasteiger partial charge in [-0.05, 0) is 19.9 Å². The van der Waals surface area contributed by atoms with Crippen LogP contribution >= 0.6 is 0 Å². The van der Waals surface area contributed by atoms with Crippen LogP contribution in [-0.4, -0.2) is 48.8 Å². The minimum absolute atomic E-state index is 0.112. The number of nitrogens with zero attached hydrogens (tertiary/aromatic N) is 1. The predicted octanol–water partition coefficient (Wildman–Crippen LogP) is 0.820. The maximum atomic E-state index is 10.4. The van der Waals surface area contributed by atoms with Gasteiger partial charge in [0.15, 0.2) is 0 Å². The number of aliphatic carboxylic acids is 1. The first-order chi connectivity index (χ1) is 6.20. The van der Waals surface area contributed by atoms with Gasteiger partial charge < -0.3 is 9.84 Å². The lowest BCUT2D eigenvalue weighted by molar-refractivity contribution is -0.138. The van der Waals surface area contributed by atoms with Gasteiger partial charge in [-0.15, -0.1) is 0 Å². The number of carboxylic acid groups (broad SMARTS) is 1. The van der Waals surface area contributed by atoms with E-state index in [1.807, 2.05) is 18.7 Å². The first-order valence-corrected chi connectivity index (χ1v) is 4.72. The van der Waals surface area contributed by atoms with Gasteiger partial charge in [0.25, 0.3) is 0 Å². The number of rotatable bonds is 8. The molecule has 1 N–H and O–H groups in total. The van der Waals surface area contributed by atoms with Crippen LogP contribution in [0, 0.1) is 0 Å². The highest BCUT2D eigenvalue weighted by Gasteiger charge is 2.07. The Labute approximate surface area is 79.5 Å². The third-order valence-corrected chi connectivity index (χ3v) is 1.65. The number of hydrogen-bond acceptors (Lipinski definition) is 3. The van der Waals surface area contributed by atoms with Gasteiger partial charge in [0.1, 0.15) is 0 Å². The highest BCUT2D eigenvalue weighted by atomic mass is 16.5. The zero-order valence-corrected chi connectivity index (χ0v) is 8.45. The minimum Gasteiger partial charge on any atom is -0.480 e. The molecule has 0 amide bonds. The van der Waals surface area contributed by atoms with Crippen LogP contribution in [-0.2, 0) is 9.53 Å². The fourth-order valence-electron chi connectivity index (χ4n) is 1.12. The Morgan fingerprint density at radius 1 is 1.38 bits per heavy atom. The van der Waals surface area contributed by atoms with Crippen LogP contribution in [0.5, 0.6) is 0 Å². The summed E-state index contributed by atoms with van der Waals surface area (Å²) < 4.78 is 5.16. The minimum atomic E-state index is -0.773. The molecule has 0 spiro atoms. The predicted molar refractivity (Wildman–Crippen MR) is 50.9 cm³/mol. The summed E-state index contributed by atoms with van der Waals surface area (Å²) in [7, 11) is 0.